The van der Waals surface area contributed by atoms with E-state index in [1.54, 1.807) is 0 Å². The van der Waals surface area contributed by atoms with Crippen LogP contribution < -0.4 is 0 Å². The summed E-state index contributed by atoms with van der Waals surface area (Å²) >= 11 is 0. The van der Waals surface area contributed by atoms with Gasteiger partial charge in [0.25, 0.3) is 0 Å². The molecule has 0 fully saturated rings. The Labute approximate surface area is 119 Å². The molecule has 0 atom stereocenters. The normalized spacial score (nSPS) is 12.8. The van der Waals surface area contributed by atoms with Gasteiger partial charge in [-0.2, -0.15) is 0 Å². The number of hydrogen-bond acceptors (Lipinski definition) is 2. The smallest absolute Gasteiger partial charge is 0.317 e. The van der Waals surface area contributed by atoms with E-state index in [4.69, 9.17) is 4.74 Å². The summed E-state index contributed by atoms with van der Waals surface area (Å²) in [5, 5.41) is 0. The van der Waals surface area contributed by atoms with Crippen LogP contribution >= 0.6 is 0 Å². The summed E-state index contributed by atoms with van der Waals surface area (Å²) in [5.74, 6) is -0.393. The van der Waals surface area contributed by atoms with Crippen molar-refractivity contribution in [1.82, 2.24) is 0 Å². The molecule has 0 saturated carbocycles. The lowest BCUT2D eigenvalue weighted by Crippen LogP contribution is -2.15. The molecule has 0 unspecified atom stereocenters. The second-order valence-electron chi connectivity index (χ2n) is 5.13. The lowest BCUT2D eigenvalue weighted by Gasteiger charge is -2.12. The molecule has 1 aliphatic carbocycles. The van der Waals surface area contributed by atoms with Crippen molar-refractivity contribution in [1.29, 1.82) is 0 Å². The second kappa shape index (κ2) is 5.49. The number of hydrogen-bond donors (Lipinski definition) is 0. The molecule has 2 heteroatoms. The molecule has 0 aromatic heterocycles. The Morgan fingerprint density at radius 2 is 1.55 bits per heavy atom. The van der Waals surface area contributed by atoms with Gasteiger partial charge >= 0.3 is 5.97 Å². The molecular formula is C18H18O2. The van der Waals surface area contributed by atoms with E-state index < -0.39 is 0 Å². The highest BCUT2D eigenvalue weighted by atomic mass is 16.5. The topological polar surface area (TPSA) is 26.3 Å². The Kier molecular flexibility index (Phi) is 3.55. The van der Waals surface area contributed by atoms with E-state index in [0.717, 1.165) is 35.1 Å². The van der Waals surface area contributed by atoms with Crippen molar-refractivity contribution in [2.75, 3.05) is 6.61 Å². The Balaban J connectivity index is 1.96. The molecule has 0 amide bonds. The number of carbonyl (C=O) groups is 1. The molecule has 0 aliphatic heterocycles. The monoisotopic (exact) mass is 266 g/mol. The Hall–Kier alpha value is -2.09. The van der Waals surface area contributed by atoms with Gasteiger partial charge in [0.05, 0.1) is 6.61 Å². The van der Waals surface area contributed by atoms with Crippen LogP contribution in [0.5, 0.6) is 0 Å². The van der Waals surface area contributed by atoms with Crippen molar-refractivity contribution < 1.29 is 9.53 Å². The van der Waals surface area contributed by atoms with Crippen molar-refractivity contribution in [3.63, 3.8) is 0 Å². The molecule has 1 aliphatic rings. The second-order valence-corrected chi connectivity index (χ2v) is 5.13. The van der Waals surface area contributed by atoms with Gasteiger partial charge in [-0.25, -0.2) is 0 Å². The van der Waals surface area contributed by atoms with Crippen LogP contribution in [0, 0.1) is 0 Å². The lowest BCUT2D eigenvalue weighted by molar-refractivity contribution is -0.144. The van der Waals surface area contributed by atoms with E-state index >= 15 is 0 Å². The Morgan fingerprint density at radius 1 is 1.00 bits per heavy atom. The highest BCUT2D eigenvalue weighted by Crippen LogP contribution is 2.44. The summed E-state index contributed by atoms with van der Waals surface area (Å²) in [4.78, 5) is 12.4. The number of esters is 1. The predicted octanol–water partition coefficient (Wildman–Crippen LogP) is 4.14. The van der Waals surface area contributed by atoms with Gasteiger partial charge < -0.3 is 4.74 Å². The summed E-state index contributed by atoms with van der Waals surface area (Å²) in [6.07, 6.45) is 1.95. The number of rotatable bonds is 4. The number of benzene rings is 2. The van der Waals surface area contributed by atoms with E-state index in [2.05, 4.69) is 19.1 Å². The maximum Gasteiger partial charge on any atom is 0.317 e. The highest BCUT2D eigenvalue weighted by molar-refractivity contribution is 5.93. The zero-order valence-corrected chi connectivity index (χ0v) is 11.6. The lowest BCUT2D eigenvalue weighted by atomic mass is 9.97. The molecule has 2 nitrogen and oxygen atoms in total. The third-order valence-electron chi connectivity index (χ3n) is 3.81. The highest BCUT2D eigenvalue weighted by Gasteiger charge is 2.34. The van der Waals surface area contributed by atoms with Crippen LogP contribution in [0.1, 0.15) is 36.8 Å². The SMILES string of the molecule is CCCCOC(=O)C1c2ccccc2-c2ccccc21. The molecule has 0 radical (unpaired) electrons. The first-order valence-corrected chi connectivity index (χ1v) is 7.17. The van der Waals surface area contributed by atoms with Crippen LogP contribution in [0.4, 0.5) is 0 Å². The first-order valence-electron chi connectivity index (χ1n) is 7.17. The minimum atomic E-state index is -0.265. The molecule has 0 heterocycles. The summed E-state index contributed by atoms with van der Waals surface area (Å²) in [6.45, 7) is 2.60. The Bertz CT molecular complexity index is 585. The number of ether oxygens (including phenoxy) is 1. The van der Waals surface area contributed by atoms with Crippen LogP contribution in [0.2, 0.25) is 0 Å². The van der Waals surface area contributed by atoms with Gasteiger partial charge in [-0.05, 0) is 28.7 Å². The molecule has 0 N–H and O–H groups in total. The van der Waals surface area contributed by atoms with Crippen LogP contribution in [0.3, 0.4) is 0 Å². The zero-order valence-electron chi connectivity index (χ0n) is 11.6. The van der Waals surface area contributed by atoms with E-state index in [0.29, 0.717) is 6.61 Å². The predicted molar refractivity (Wildman–Crippen MR) is 79.6 cm³/mol. The minimum Gasteiger partial charge on any atom is -0.465 e. The Morgan fingerprint density at radius 3 is 2.10 bits per heavy atom. The van der Waals surface area contributed by atoms with E-state index in [1.165, 1.54) is 0 Å². The van der Waals surface area contributed by atoms with Crippen LogP contribution in [0.15, 0.2) is 48.5 Å². The molecule has 102 valence electrons. The minimum absolute atomic E-state index is 0.129. The number of unbranched alkanes of at least 4 members (excludes halogenated alkanes) is 1. The molecular weight excluding hydrogens is 248 g/mol. The molecule has 0 saturated heterocycles. The first-order chi connectivity index (χ1) is 9.83. The largest absolute Gasteiger partial charge is 0.465 e. The van der Waals surface area contributed by atoms with Gasteiger partial charge in [0, 0.05) is 0 Å². The maximum absolute atomic E-state index is 12.4. The summed E-state index contributed by atoms with van der Waals surface area (Å²) < 4.78 is 5.44. The van der Waals surface area contributed by atoms with Crippen molar-refractivity contribution in [3.05, 3.63) is 59.7 Å². The molecule has 20 heavy (non-hydrogen) atoms. The van der Waals surface area contributed by atoms with Crippen molar-refractivity contribution >= 4 is 5.97 Å². The molecule has 3 rings (SSSR count). The zero-order chi connectivity index (χ0) is 13.9. The summed E-state index contributed by atoms with van der Waals surface area (Å²) in [7, 11) is 0. The number of carbonyl (C=O) groups excluding carboxylic acids is 1. The average molecular weight is 266 g/mol. The fourth-order valence-corrected chi connectivity index (χ4v) is 2.81. The van der Waals surface area contributed by atoms with Gasteiger partial charge in [-0.15, -0.1) is 0 Å². The van der Waals surface area contributed by atoms with Crippen LogP contribution in [0.25, 0.3) is 11.1 Å². The standard InChI is InChI=1S/C18H18O2/c1-2-3-12-20-18(19)17-15-10-6-4-8-13(15)14-9-5-7-11-16(14)17/h4-11,17H,2-3,12H2,1H3. The first kappa shape index (κ1) is 12.9. The van der Waals surface area contributed by atoms with Gasteiger partial charge in [-0.3, -0.25) is 4.79 Å². The molecule has 0 spiro atoms. The van der Waals surface area contributed by atoms with Gasteiger partial charge in [0.15, 0.2) is 0 Å². The average Bonchev–Trinajstić information content (AvgIpc) is 2.82. The third kappa shape index (κ3) is 2.11. The number of fused-ring (bicyclic) bond motifs is 3. The van der Waals surface area contributed by atoms with E-state index in [1.807, 2.05) is 36.4 Å². The van der Waals surface area contributed by atoms with Crippen LogP contribution in [-0.4, -0.2) is 12.6 Å². The molecule has 2 aromatic carbocycles. The van der Waals surface area contributed by atoms with Crippen molar-refractivity contribution in [3.8, 4) is 11.1 Å². The molecule has 0 bridgehead atoms. The fourth-order valence-electron chi connectivity index (χ4n) is 2.81. The van der Waals surface area contributed by atoms with E-state index in [9.17, 15) is 4.79 Å². The fraction of sp³-hybridized carbons (Fsp3) is 0.278. The van der Waals surface area contributed by atoms with Crippen LogP contribution in [-0.2, 0) is 9.53 Å². The summed E-state index contributed by atoms with van der Waals surface area (Å²) in [6, 6.07) is 16.2. The summed E-state index contributed by atoms with van der Waals surface area (Å²) in [5.41, 5.74) is 4.44. The van der Waals surface area contributed by atoms with Gasteiger partial charge in [0.1, 0.15) is 5.92 Å². The van der Waals surface area contributed by atoms with Gasteiger partial charge in [-0.1, -0.05) is 61.9 Å². The quantitative estimate of drug-likeness (QED) is 0.614. The van der Waals surface area contributed by atoms with Crippen molar-refractivity contribution in [2.24, 2.45) is 0 Å². The van der Waals surface area contributed by atoms with Gasteiger partial charge in [0.2, 0.25) is 0 Å². The van der Waals surface area contributed by atoms with Crippen molar-refractivity contribution in [2.45, 2.75) is 25.7 Å². The molecule has 2 aromatic rings. The third-order valence-corrected chi connectivity index (χ3v) is 3.81. The van der Waals surface area contributed by atoms with E-state index in [-0.39, 0.29) is 11.9 Å². The maximum atomic E-state index is 12.4.